The zero-order valence-corrected chi connectivity index (χ0v) is 21.9. The number of fused-ring (bicyclic) bond motifs is 1. The van der Waals surface area contributed by atoms with Crippen molar-refractivity contribution >= 4 is 22.7 Å². The third-order valence-electron chi connectivity index (χ3n) is 6.76. The molecule has 41 heavy (non-hydrogen) atoms. The van der Waals surface area contributed by atoms with Gasteiger partial charge in [0.1, 0.15) is 11.6 Å². The molecular weight excluding hydrogens is 545 g/mol. The van der Waals surface area contributed by atoms with Crippen LogP contribution in [0.1, 0.15) is 19.4 Å². The van der Waals surface area contributed by atoms with Gasteiger partial charge in [-0.3, -0.25) is 0 Å². The predicted octanol–water partition coefficient (Wildman–Crippen LogP) is 7.47. The van der Waals surface area contributed by atoms with Gasteiger partial charge in [-0.05, 0) is 71.3 Å². The number of anilines is 4. The number of phenolic OH excluding ortho intramolecular Hbond substituents is 1. The minimum absolute atomic E-state index is 0.256. The molecule has 0 saturated carbocycles. The summed E-state index contributed by atoms with van der Waals surface area (Å²) in [5.74, 6) is -2.21. The zero-order valence-electron chi connectivity index (χ0n) is 21.9. The molecule has 0 radical (unpaired) electrons. The van der Waals surface area contributed by atoms with Crippen molar-refractivity contribution in [3.8, 4) is 22.6 Å². The second-order valence-corrected chi connectivity index (χ2v) is 10.2. The van der Waals surface area contributed by atoms with Gasteiger partial charge in [0.25, 0.3) is 0 Å². The Labute approximate surface area is 232 Å². The number of aliphatic hydroxyl groups excluding tert-OH is 1. The van der Waals surface area contributed by atoms with E-state index in [1.807, 2.05) is 13.8 Å². The van der Waals surface area contributed by atoms with Crippen LogP contribution in [-0.4, -0.2) is 29.5 Å². The Morgan fingerprint density at radius 3 is 2.24 bits per heavy atom. The quantitative estimate of drug-likeness (QED) is 0.136. The van der Waals surface area contributed by atoms with E-state index in [2.05, 4.69) is 15.4 Å². The van der Waals surface area contributed by atoms with E-state index in [1.165, 1.54) is 30.3 Å². The van der Waals surface area contributed by atoms with Crippen molar-refractivity contribution in [2.24, 2.45) is 0 Å². The highest BCUT2D eigenvalue weighted by Gasteiger charge is 2.42. The van der Waals surface area contributed by atoms with E-state index in [0.29, 0.717) is 40.3 Å². The summed E-state index contributed by atoms with van der Waals surface area (Å²) in [6.45, 7) is 4.25. The van der Waals surface area contributed by atoms with Crippen LogP contribution in [0.25, 0.3) is 11.1 Å². The van der Waals surface area contributed by atoms with Gasteiger partial charge in [0.15, 0.2) is 11.6 Å². The minimum Gasteiger partial charge on any atom is -0.503 e. The highest BCUT2D eigenvalue weighted by atomic mass is 19.4. The summed E-state index contributed by atoms with van der Waals surface area (Å²) in [7, 11) is 0. The van der Waals surface area contributed by atoms with E-state index in [1.54, 1.807) is 41.3 Å². The van der Waals surface area contributed by atoms with Gasteiger partial charge < -0.3 is 30.5 Å². The highest BCUT2D eigenvalue weighted by molar-refractivity contribution is 5.89. The van der Waals surface area contributed by atoms with Crippen molar-refractivity contribution in [3.63, 3.8) is 0 Å². The molecule has 0 aromatic heterocycles. The lowest BCUT2D eigenvalue weighted by molar-refractivity contribution is -0.274. The second kappa shape index (κ2) is 10.5. The first kappa shape index (κ1) is 28.0. The SMILES string of the molecule is CC1(C)CN(c2ccccc2NC(O)Nc2ccc(OC(F)(F)F)cc2)c2c(O)c(F)cc(-c3ccc(F)cc3)c21. The molecular formula is C30H26F5N3O3. The van der Waals surface area contributed by atoms with E-state index >= 15 is 4.39 Å². The van der Waals surface area contributed by atoms with E-state index in [4.69, 9.17) is 0 Å². The lowest BCUT2D eigenvalue weighted by Gasteiger charge is -2.27. The van der Waals surface area contributed by atoms with Gasteiger partial charge in [-0.15, -0.1) is 13.2 Å². The number of para-hydroxylation sites is 2. The Bertz CT molecular complexity index is 1560. The maximum absolute atomic E-state index is 15.1. The summed E-state index contributed by atoms with van der Waals surface area (Å²) < 4.78 is 69.9. The average molecular weight is 572 g/mol. The molecule has 6 nitrogen and oxygen atoms in total. The largest absolute Gasteiger partial charge is 0.573 e. The van der Waals surface area contributed by atoms with Gasteiger partial charge in [-0.2, -0.15) is 0 Å². The third-order valence-corrected chi connectivity index (χ3v) is 6.76. The molecule has 0 bridgehead atoms. The minimum atomic E-state index is -4.82. The number of hydrogen-bond donors (Lipinski definition) is 4. The van der Waals surface area contributed by atoms with Crippen LogP contribution in [0.2, 0.25) is 0 Å². The molecule has 0 amide bonds. The van der Waals surface area contributed by atoms with Gasteiger partial charge >= 0.3 is 6.36 Å². The third kappa shape index (κ3) is 5.85. The predicted molar refractivity (Wildman–Crippen MR) is 146 cm³/mol. The molecule has 1 heterocycles. The molecule has 0 fully saturated rings. The number of halogens is 5. The molecule has 1 atom stereocenters. The van der Waals surface area contributed by atoms with Crippen molar-refractivity contribution < 1.29 is 36.9 Å². The molecule has 5 rings (SSSR count). The van der Waals surface area contributed by atoms with Crippen molar-refractivity contribution in [1.29, 1.82) is 0 Å². The maximum atomic E-state index is 15.1. The number of phenols is 1. The molecule has 214 valence electrons. The number of aliphatic hydroxyl groups is 1. The Morgan fingerprint density at radius 2 is 1.59 bits per heavy atom. The normalized spacial score (nSPS) is 14.9. The molecule has 4 N–H and O–H groups in total. The van der Waals surface area contributed by atoms with Gasteiger partial charge in [0.2, 0.25) is 6.35 Å². The van der Waals surface area contributed by atoms with E-state index in [-0.39, 0.29) is 5.69 Å². The first-order chi connectivity index (χ1) is 19.3. The molecule has 1 aliphatic rings. The van der Waals surface area contributed by atoms with Gasteiger partial charge in [0.05, 0.1) is 17.1 Å². The first-order valence-corrected chi connectivity index (χ1v) is 12.6. The summed E-state index contributed by atoms with van der Waals surface area (Å²) in [5.41, 5.74) is 2.74. The summed E-state index contributed by atoms with van der Waals surface area (Å²) in [4.78, 5) is 1.75. The highest BCUT2D eigenvalue weighted by Crippen LogP contribution is 2.54. The number of aromatic hydroxyl groups is 1. The maximum Gasteiger partial charge on any atom is 0.573 e. The Hall–Kier alpha value is -4.51. The van der Waals surface area contributed by atoms with Crippen molar-refractivity contribution in [1.82, 2.24) is 0 Å². The van der Waals surface area contributed by atoms with Crippen LogP contribution in [0.3, 0.4) is 0 Å². The van der Waals surface area contributed by atoms with Crippen LogP contribution in [0.5, 0.6) is 11.5 Å². The van der Waals surface area contributed by atoms with Gasteiger partial charge in [-0.1, -0.05) is 38.1 Å². The molecule has 0 aliphatic carbocycles. The molecule has 11 heteroatoms. The van der Waals surface area contributed by atoms with E-state index in [9.17, 15) is 27.8 Å². The molecule has 4 aromatic rings. The molecule has 4 aromatic carbocycles. The second-order valence-electron chi connectivity index (χ2n) is 10.2. The molecule has 1 aliphatic heterocycles. The number of alkyl halides is 3. The van der Waals surface area contributed by atoms with Crippen molar-refractivity contribution in [2.75, 3.05) is 22.1 Å². The van der Waals surface area contributed by atoms with Crippen molar-refractivity contribution in [3.05, 3.63) is 96.1 Å². The fourth-order valence-corrected chi connectivity index (χ4v) is 5.12. The van der Waals surface area contributed by atoms with Crippen LogP contribution in [0.4, 0.5) is 44.7 Å². The van der Waals surface area contributed by atoms with Gasteiger partial charge in [0, 0.05) is 17.6 Å². The topological polar surface area (TPSA) is 77.0 Å². The number of nitrogens with zero attached hydrogens (tertiary/aromatic N) is 1. The fourth-order valence-electron chi connectivity index (χ4n) is 5.12. The standard InChI is InChI=1S/C30H26F5N3O3/c1-29(2)16-38(26-25(29)21(15-22(32)27(26)39)17-7-9-18(31)10-8-17)24-6-4-3-5-23(24)37-28(40)36-19-11-13-20(14-12-19)41-30(33,34)35/h3-15,28,36-37,39-40H,16H2,1-2H3. The first-order valence-electron chi connectivity index (χ1n) is 12.6. The number of nitrogens with one attached hydrogen (secondary N) is 2. The van der Waals surface area contributed by atoms with Crippen LogP contribution in [0.15, 0.2) is 78.9 Å². The Balaban J connectivity index is 1.46. The Morgan fingerprint density at radius 1 is 0.927 bits per heavy atom. The van der Waals surface area contributed by atoms with Crippen LogP contribution >= 0.6 is 0 Å². The number of ether oxygens (including phenoxy) is 1. The number of benzene rings is 4. The summed E-state index contributed by atoms with van der Waals surface area (Å²) in [5, 5.41) is 27.3. The fraction of sp³-hybridized carbons (Fsp3) is 0.200. The van der Waals surface area contributed by atoms with Crippen LogP contribution < -0.4 is 20.3 Å². The summed E-state index contributed by atoms with van der Waals surface area (Å²) >= 11 is 0. The molecule has 1 unspecified atom stereocenters. The van der Waals surface area contributed by atoms with Crippen molar-refractivity contribution in [2.45, 2.75) is 32.0 Å². The average Bonchev–Trinajstić information content (AvgIpc) is 3.18. The molecule has 0 saturated heterocycles. The number of rotatable bonds is 7. The zero-order chi connectivity index (χ0) is 29.5. The van der Waals surface area contributed by atoms with Gasteiger partial charge in [-0.25, -0.2) is 8.78 Å². The van der Waals surface area contributed by atoms with E-state index in [0.717, 1.165) is 12.1 Å². The van der Waals surface area contributed by atoms with Crippen LogP contribution in [-0.2, 0) is 5.41 Å². The molecule has 0 spiro atoms. The van der Waals surface area contributed by atoms with Crippen LogP contribution in [0, 0.1) is 11.6 Å². The number of hydrogen-bond acceptors (Lipinski definition) is 6. The monoisotopic (exact) mass is 571 g/mol. The summed E-state index contributed by atoms with van der Waals surface area (Å²) in [6, 6.07) is 18.7. The smallest absolute Gasteiger partial charge is 0.503 e. The lowest BCUT2D eigenvalue weighted by atomic mass is 9.81. The Kier molecular flexibility index (Phi) is 7.16. The lowest BCUT2D eigenvalue weighted by Crippen LogP contribution is -2.30. The summed E-state index contributed by atoms with van der Waals surface area (Å²) in [6.07, 6.45) is -6.20. The van der Waals surface area contributed by atoms with E-state index < -0.39 is 41.3 Å².